The molecule has 98 valence electrons. The quantitative estimate of drug-likeness (QED) is 0.492. The van der Waals surface area contributed by atoms with Crippen LogP contribution in [0.15, 0.2) is 41.2 Å². The summed E-state index contributed by atoms with van der Waals surface area (Å²) in [7, 11) is 1.65. The predicted octanol–water partition coefficient (Wildman–Crippen LogP) is 2.70. The number of hydrogen-bond donors (Lipinski definition) is 0. The third kappa shape index (κ3) is 2.51. The molecule has 0 aliphatic carbocycles. The van der Waals surface area contributed by atoms with Crippen LogP contribution in [0.2, 0.25) is 0 Å². The summed E-state index contributed by atoms with van der Waals surface area (Å²) in [5.74, 6) is 0.160. The van der Waals surface area contributed by atoms with Gasteiger partial charge in [0.1, 0.15) is 0 Å². The standard InChI is InChI=1S/C13H11ClN2O3/c1-15-12(7-4-10(8-14)13(15)17)9-2-5-11(6-3-9)16(18)19/h2-7H,8H2,1H3. The number of benzene rings is 1. The van der Waals surface area contributed by atoms with Crippen molar-refractivity contribution in [3.63, 3.8) is 0 Å². The van der Waals surface area contributed by atoms with Crippen LogP contribution in [0.4, 0.5) is 5.69 Å². The lowest BCUT2D eigenvalue weighted by molar-refractivity contribution is -0.384. The largest absolute Gasteiger partial charge is 0.311 e. The molecule has 0 unspecified atom stereocenters. The molecule has 19 heavy (non-hydrogen) atoms. The molecule has 0 radical (unpaired) electrons. The number of nitrogens with zero attached hydrogens (tertiary/aromatic N) is 2. The van der Waals surface area contributed by atoms with Gasteiger partial charge in [-0.15, -0.1) is 11.6 Å². The maximum Gasteiger partial charge on any atom is 0.269 e. The van der Waals surface area contributed by atoms with Crippen LogP contribution in [-0.4, -0.2) is 9.49 Å². The molecule has 2 aromatic rings. The monoisotopic (exact) mass is 278 g/mol. The summed E-state index contributed by atoms with van der Waals surface area (Å²) < 4.78 is 1.48. The van der Waals surface area contributed by atoms with Gasteiger partial charge in [-0.25, -0.2) is 0 Å². The molecule has 0 spiro atoms. The van der Waals surface area contributed by atoms with Gasteiger partial charge in [-0.05, 0) is 23.8 Å². The number of halogens is 1. The van der Waals surface area contributed by atoms with Crippen molar-refractivity contribution >= 4 is 17.3 Å². The van der Waals surface area contributed by atoms with E-state index in [0.29, 0.717) is 11.3 Å². The average molecular weight is 279 g/mol. The zero-order chi connectivity index (χ0) is 14.0. The van der Waals surface area contributed by atoms with Gasteiger partial charge >= 0.3 is 0 Å². The molecule has 5 nitrogen and oxygen atoms in total. The fourth-order valence-corrected chi connectivity index (χ4v) is 2.04. The highest BCUT2D eigenvalue weighted by molar-refractivity contribution is 6.17. The second-order valence-corrected chi connectivity index (χ2v) is 4.31. The maximum absolute atomic E-state index is 11.9. The Balaban J connectivity index is 2.50. The minimum atomic E-state index is -0.459. The van der Waals surface area contributed by atoms with Crippen molar-refractivity contribution in [1.82, 2.24) is 4.57 Å². The molecule has 0 N–H and O–H groups in total. The lowest BCUT2D eigenvalue weighted by Crippen LogP contribution is -2.21. The third-order valence-corrected chi connectivity index (χ3v) is 3.19. The fourth-order valence-electron chi connectivity index (χ4n) is 1.83. The number of aromatic nitrogens is 1. The highest BCUT2D eigenvalue weighted by atomic mass is 35.5. The van der Waals surface area contributed by atoms with E-state index in [1.54, 1.807) is 31.3 Å². The SMILES string of the molecule is Cn1c(-c2ccc([N+](=O)[O-])cc2)ccc(CCl)c1=O. The van der Waals surface area contributed by atoms with Gasteiger partial charge in [-0.2, -0.15) is 0 Å². The van der Waals surface area contributed by atoms with Crippen molar-refractivity contribution in [1.29, 1.82) is 0 Å². The maximum atomic E-state index is 11.9. The minimum Gasteiger partial charge on any atom is -0.311 e. The van der Waals surface area contributed by atoms with Gasteiger partial charge in [-0.3, -0.25) is 14.9 Å². The summed E-state index contributed by atoms with van der Waals surface area (Å²) in [5.41, 5.74) is 1.81. The Labute approximate surface area is 114 Å². The van der Waals surface area contributed by atoms with Crippen molar-refractivity contribution < 1.29 is 4.92 Å². The van der Waals surface area contributed by atoms with Crippen LogP contribution in [0.1, 0.15) is 5.56 Å². The van der Waals surface area contributed by atoms with E-state index in [9.17, 15) is 14.9 Å². The molecule has 2 rings (SSSR count). The number of nitro groups is 1. The Kier molecular flexibility index (Phi) is 3.66. The number of non-ortho nitro benzene ring substituents is 1. The van der Waals surface area contributed by atoms with E-state index in [1.165, 1.54) is 16.7 Å². The van der Waals surface area contributed by atoms with Gasteiger partial charge in [0, 0.05) is 24.7 Å². The first kappa shape index (κ1) is 13.3. The summed E-state index contributed by atoms with van der Waals surface area (Å²) in [6, 6.07) is 9.51. The Morgan fingerprint density at radius 3 is 2.37 bits per heavy atom. The van der Waals surface area contributed by atoms with Crippen LogP contribution in [0.3, 0.4) is 0 Å². The second kappa shape index (κ2) is 5.24. The molecule has 1 aromatic carbocycles. The lowest BCUT2D eigenvalue weighted by Gasteiger charge is -2.09. The van der Waals surface area contributed by atoms with Gasteiger partial charge in [0.05, 0.1) is 16.5 Å². The molecule has 1 aromatic heterocycles. The van der Waals surface area contributed by atoms with E-state index in [0.717, 1.165) is 5.56 Å². The molecule has 1 heterocycles. The van der Waals surface area contributed by atoms with Crippen LogP contribution in [0, 0.1) is 10.1 Å². The van der Waals surface area contributed by atoms with Gasteiger partial charge in [-0.1, -0.05) is 6.07 Å². The Morgan fingerprint density at radius 1 is 1.21 bits per heavy atom. The van der Waals surface area contributed by atoms with Crippen LogP contribution >= 0.6 is 11.6 Å². The van der Waals surface area contributed by atoms with Gasteiger partial charge in [0.25, 0.3) is 11.2 Å². The second-order valence-electron chi connectivity index (χ2n) is 4.05. The first-order valence-corrected chi connectivity index (χ1v) is 6.07. The van der Waals surface area contributed by atoms with Gasteiger partial charge < -0.3 is 4.57 Å². The van der Waals surface area contributed by atoms with E-state index in [-0.39, 0.29) is 17.1 Å². The summed E-state index contributed by atoms with van der Waals surface area (Å²) in [6.45, 7) is 0. The van der Waals surface area contributed by atoms with Gasteiger partial charge in [0.15, 0.2) is 0 Å². The van der Waals surface area contributed by atoms with Crippen molar-refractivity contribution in [2.45, 2.75) is 5.88 Å². The summed E-state index contributed by atoms with van der Waals surface area (Å²) in [6.07, 6.45) is 0. The molecular formula is C13H11ClN2O3. The first-order chi connectivity index (χ1) is 9.04. The van der Waals surface area contributed by atoms with Crippen molar-refractivity contribution in [2.75, 3.05) is 0 Å². The van der Waals surface area contributed by atoms with Crippen molar-refractivity contribution in [3.05, 3.63) is 62.4 Å². The minimum absolute atomic E-state index is 0.0196. The zero-order valence-electron chi connectivity index (χ0n) is 10.2. The van der Waals surface area contributed by atoms with Crippen molar-refractivity contribution in [3.8, 4) is 11.3 Å². The van der Waals surface area contributed by atoms with Crippen LogP contribution < -0.4 is 5.56 Å². The molecule has 6 heteroatoms. The fraction of sp³-hybridized carbons (Fsp3) is 0.154. The molecule has 0 fully saturated rings. The normalized spacial score (nSPS) is 10.4. The third-order valence-electron chi connectivity index (χ3n) is 2.90. The summed E-state index contributed by atoms with van der Waals surface area (Å²) in [5, 5.41) is 10.6. The number of pyridine rings is 1. The van der Waals surface area contributed by atoms with Crippen LogP contribution in [0.25, 0.3) is 11.3 Å². The van der Waals surface area contributed by atoms with E-state index < -0.39 is 4.92 Å². The van der Waals surface area contributed by atoms with E-state index >= 15 is 0 Å². The zero-order valence-corrected chi connectivity index (χ0v) is 10.9. The van der Waals surface area contributed by atoms with Gasteiger partial charge in [0.2, 0.25) is 0 Å². The first-order valence-electron chi connectivity index (χ1n) is 5.54. The van der Waals surface area contributed by atoms with Crippen LogP contribution in [-0.2, 0) is 12.9 Å². The topological polar surface area (TPSA) is 65.1 Å². The molecular weight excluding hydrogens is 268 g/mol. The molecule has 0 aliphatic rings. The Bertz CT molecular complexity index is 677. The van der Waals surface area contributed by atoms with E-state index in [2.05, 4.69) is 0 Å². The number of rotatable bonds is 3. The highest BCUT2D eigenvalue weighted by Gasteiger charge is 2.09. The van der Waals surface area contributed by atoms with E-state index in [1.807, 2.05) is 0 Å². The highest BCUT2D eigenvalue weighted by Crippen LogP contribution is 2.21. The van der Waals surface area contributed by atoms with E-state index in [4.69, 9.17) is 11.6 Å². The van der Waals surface area contributed by atoms with Crippen LogP contribution in [0.5, 0.6) is 0 Å². The molecule has 0 aliphatic heterocycles. The molecule has 0 atom stereocenters. The molecule has 0 saturated heterocycles. The summed E-state index contributed by atoms with van der Waals surface area (Å²) in [4.78, 5) is 22.1. The Morgan fingerprint density at radius 2 is 1.84 bits per heavy atom. The number of hydrogen-bond acceptors (Lipinski definition) is 3. The summed E-state index contributed by atoms with van der Waals surface area (Å²) >= 11 is 5.67. The lowest BCUT2D eigenvalue weighted by atomic mass is 10.1. The van der Waals surface area contributed by atoms with Crippen molar-refractivity contribution in [2.24, 2.45) is 7.05 Å². The molecule has 0 amide bonds. The Hall–Kier alpha value is -2.14. The molecule has 0 saturated carbocycles. The predicted molar refractivity (Wildman–Crippen MR) is 73.3 cm³/mol. The molecule has 0 bridgehead atoms. The number of alkyl halides is 1. The number of nitro benzene ring substituents is 1. The average Bonchev–Trinajstić information content (AvgIpc) is 2.42. The smallest absolute Gasteiger partial charge is 0.269 e.